The monoisotopic (exact) mass is 786 g/mol. The normalized spacial score (nSPS) is 18.0. The van der Waals surface area contributed by atoms with Crippen LogP contribution in [0.2, 0.25) is 0 Å². The van der Waals surface area contributed by atoms with Crippen LogP contribution in [0.15, 0.2) is 67.4 Å². The fourth-order valence-corrected chi connectivity index (χ4v) is 6.01. The first-order valence-corrected chi connectivity index (χ1v) is 15.4. The summed E-state index contributed by atoms with van der Waals surface area (Å²) in [6.07, 6.45) is 3.03. The Morgan fingerprint density at radius 2 is 1.62 bits per heavy atom. The number of pyridine rings is 1. The Labute approximate surface area is 366 Å². The minimum absolute atomic E-state index is 0. The number of aliphatic hydroxyl groups excluding tert-OH is 1. The standard InChI is InChI=1S/C20H24N2O2.C9H8O4.C6H8O7.2ClH.3Li/c1-3-13-12-22-9-7-14(13)10-19(22)20(23)16-6-8-21-18-5-4-15(24-2)11-17(16)18;1-6(10)13-8-5-3-2-4-7(8)9(11)12;7-3(8)1-6(13,5(11)12)2-4(9)10;;;;;/h3-6,8,11,13-14,19-20,23H,1,7,9-10,12H2,2H3;2-5H,1H3,(H,11,12);13H,1-2H2,(H,7,8)(H,9,10)(H,11,12);2*1H;;;/q;;;;;3*+1/p-3. The van der Waals surface area contributed by atoms with E-state index in [2.05, 4.69) is 27.3 Å². The predicted octanol–water partition coefficient (Wildman–Crippen LogP) is -8.91. The first-order chi connectivity index (χ1) is 23.6. The van der Waals surface area contributed by atoms with Gasteiger partial charge in [-0.05, 0) is 73.2 Å². The van der Waals surface area contributed by atoms with Crippen LogP contribution in [0.4, 0.5) is 0 Å². The second-order valence-corrected chi connectivity index (χ2v) is 11.8. The number of methoxy groups -OCH3 is 1. The van der Waals surface area contributed by atoms with Crippen LogP contribution in [0.5, 0.6) is 11.5 Å². The number of benzene rings is 2. The molecule has 15 nitrogen and oxygen atoms in total. The minimum Gasteiger partial charge on any atom is -0.550 e. The van der Waals surface area contributed by atoms with E-state index in [0.29, 0.717) is 11.8 Å². The summed E-state index contributed by atoms with van der Waals surface area (Å²) in [5.41, 5.74) is -1.14. The van der Waals surface area contributed by atoms with Gasteiger partial charge < -0.3 is 54.5 Å². The molecule has 5 atom stereocenters. The van der Waals surface area contributed by atoms with Gasteiger partial charge in [-0.1, -0.05) is 18.2 Å². The number of aromatic nitrogens is 1. The number of hydrogen-bond donors (Lipinski definition) is 3. The summed E-state index contributed by atoms with van der Waals surface area (Å²) >= 11 is 0. The number of ether oxygens (including phenoxy) is 2. The Bertz CT molecular complexity index is 1740. The van der Waals surface area contributed by atoms with Gasteiger partial charge in [0, 0.05) is 61.4 Å². The fourth-order valence-electron chi connectivity index (χ4n) is 6.01. The van der Waals surface area contributed by atoms with Crippen molar-refractivity contribution in [2.24, 2.45) is 11.8 Å². The van der Waals surface area contributed by atoms with Crippen molar-refractivity contribution in [2.45, 2.75) is 50.4 Å². The van der Waals surface area contributed by atoms with Crippen LogP contribution in [0.25, 0.3) is 10.9 Å². The van der Waals surface area contributed by atoms with Crippen LogP contribution < -0.4 is 81.4 Å². The number of nitrogens with zero attached hydrogens (tertiary/aromatic N) is 2. The summed E-state index contributed by atoms with van der Waals surface area (Å²) in [4.78, 5) is 58.1. The van der Waals surface area contributed by atoms with Crippen molar-refractivity contribution < 1.29 is 121 Å². The number of hydrogen-bond acceptors (Lipinski definition) is 14. The number of carbonyl (C=O) groups is 5. The third kappa shape index (κ3) is 15.8. The summed E-state index contributed by atoms with van der Waals surface area (Å²) in [5.74, 6) is -5.56. The number of carboxylic acid groups (broad SMARTS) is 4. The molecule has 6 rings (SSSR count). The minimum atomic E-state index is -2.86. The topological polar surface area (TPSA) is 250 Å². The zero-order valence-electron chi connectivity index (χ0n) is 31.2. The molecule has 20 heteroatoms. The number of halogens is 2. The molecule has 0 saturated carbocycles. The molecule has 3 fully saturated rings. The van der Waals surface area contributed by atoms with Gasteiger partial charge in [-0.25, -0.2) is 4.79 Å². The number of aliphatic carboxylic acids is 3. The molecule has 0 radical (unpaired) electrons. The van der Waals surface area contributed by atoms with E-state index in [1.165, 1.54) is 31.5 Å². The molecule has 0 aliphatic carbocycles. The van der Waals surface area contributed by atoms with Gasteiger partial charge in [0.25, 0.3) is 0 Å². The molecule has 2 aromatic carbocycles. The van der Waals surface area contributed by atoms with Crippen LogP contribution >= 0.6 is 24.8 Å². The number of carbonyl (C=O) groups excluding carboxylic acids is 4. The Balaban J connectivity index is -0.000000762. The van der Waals surface area contributed by atoms with Gasteiger partial charge in [0.2, 0.25) is 0 Å². The molecule has 55 heavy (non-hydrogen) atoms. The molecule has 3 saturated heterocycles. The van der Waals surface area contributed by atoms with Gasteiger partial charge in [-0.3, -0.25) is 14.7 Å². The summed E-state index contributed by atoms with van der Waals surface area (Å²) in [6, 6.07) is 13.8. The van der Waals surface area contributed by atoms with E-state index in [0.717, 1.165) is 41.7 Å². The summed E-state index contributed by atoms with van der Waals surface area (Å²) < 4.78 is 10.00. The van der Waals surface area contributed by atoms with E-state index in [-0.39, 0.29) is 98.8 Å². The van der Waals surface area contributed by atoms with Crippen molar-refractivity contribution in [3.8, 4) is 11.5 Å². The number of esters is 1. The molecule has 1 aromatic heterocycles. The Morgan fingerprint density at radius 1 is 1.02 bits per heavy atom. The SMILES string of the molecule is C=CC1CN2CCC1CC2C(O)c1ccnc2ccc(OC)cc12.CC(=O)Oc1ccccc1C(=O)[O-].Cl.Cl.O=C([O-])CC(O)(CC(=O)[O-])C(=O)O.[Li+].[Li+].[Li+]. The Morgan fingerprint density at radius 3 is 2.09 bits per heavy atom. The van der Waals surface area contributed by atoms with Crippen molar-refractivity contribution in [3.63, 3.8) is 0 Å². The van der Waals surface area contributed by atoms with Crippen molar-refractivity contribution in [3.05, 3.63) is 78.5 Å². The number of aromatic carboxylic acids is 1. The van der Waals surface area contributed by atoms with Gasteiger partial charge in [-0.2, -0.15) is 0 Å². The molecule has 3 aromatic rings. The molecule has 3 aliphatic rings. The van der Waals surface area contributed by atoms with Crippen molar-refractivity contribution in [1.82, 2.24) is 9.88 Å². The number of aliphatic hydroxyl groups is 2. The summed E-state index contributed by atoms with van der Waals surface area (Å²) in [7, 11) is 1.66. The van der Waals surface area contributed by atoms with Crippen molar-refractivity contribution >= 4 is 65.6 Å². The average molecular weight is 787 g/mol. The molecule has 5 unspecified atom stereocenters. The number of carboxylic acids is 4. The van der Waals surface area contributed by atoms with Crippen LogP contribution in [0.1, 0.15) is 54.6 Å². The van der Waals surface area contributed by atoms with Gasteiger partial charge in [0.05, 0.1) is 24.7 Å². The number of piperidine rings is 3. The third-order valence-electron chi connectivity index (χ3n) is 8.45. The van der Waals surface area contributed by atoms with Gasteiger partial charge >= 0.3 is 68.5 Å². The first-order valence-electron chi connectivity index (χ1n) is 15.4. The van der Waals surface area contributed by atoms with Crippen LogP contribution in [-0.2, 0) is 19.2 Å². The van der Waals surface area contributed by atoms with E-state index in [9.17, 15) is 44.4 Å². The van der Waals surface area contributed by atoms with Gasteiger partial charge in [0.15, 0.2) is 5.60 Å². The quantitative estimate of drug-likeness (QED) is 0.0707. The molecular formula is C35H39Cl2Li3N2O13. The summed E-state index contributed by atoms with van der Waals surface area (Å²) in [6.45, 7) is 7.27. The van der Waals surface area contributed by atoms with E-state index >= 15 is 0 Å². The summed E-state index contributed by atoms with van der Waals surface area (Å²) in [5, 5.41) is 59.8. The van der Waals surface area contributed by atoms with Crippen molar-refractivity contribution in [2.75, 3.05) is 20.2 Å². The van der Waals surface area contributed by atoms with Crippen LogP contribution in [0.3, 0.4) is 0 Å². The van der Waals surface area contributed by atoms with Crippen LogP contribution in [0, 0.1) is 11.8 Å². The van der Waals surface area contributed by atoms with Gasteiger partial charge in [-0.15, -0.1) is 31.4 Å². The first kappa shape index (κ1) is 56.3. The Kier molecular flexibility index (Phi) is 26.6. The second-order valence-electron chi connectivity index (χ2n) is 11.8. The zero-order chi connectivity index (χ0) is 37.2. The maximum Gasteiger partial charge on any atom is 1.00 e. The van der Waals surface area contributed by atoms with E-state index in [1.807, 2.05) is 24.3 Å². The molecular weight excluding hydrogens is 748 g/mol. The predicted molar refractivity (Wildman–Crippen MR) is 183 cm³/mol. The van der Waals surface area contributed by atoms with E-state index in [1.54, 1.807) is 19.4 Å². The fraction of sp³-hybridized carbons (Fsp3) is 0.371. The molecule has 3 N–H and O–H groups in total. The number of fused-ring (bicyclic) bond motifs is 4. The maximum absolute atomic E-state index is 11.2. The largest absolute Gasteiger partial charge is 1.00 e. The van der Waals surface area contributed by atoms with E-state index in [4.69, 9.17) is 14.9 Å². The second kappa shape index (κ2) is 26.0. The Hall–Kier alpha value is -3.01. The van der Waals surface area contributed by atoms with Crippen LogP contribution in [-0.4, -0.2) is 86.9 Å². The number of para-hydroxylation sites is 1. The zero-order valence-corrected chi connectivity index (χ0v) is 32.8. The maximum atomic E-state index is 11.2. The third-order valence-corrected chi connectivity index (χ3v) is 8.45. The van der Waals surface area contributed by atoms with Crippen molar-refractivity contribution in [1.29, 1.82) is 0 Å². The number of rotatable bonds is 11. The molecule has 0 spiro atoms. The molecule has 0 amide bonds. The molecule has 4 heterocycles. The van der Waals surface area contributed by atoms with Gasteiger partial charge in [0.1, 0.15) is 11.5 Å². The average Bonchev–Trinajstić information content (AvgIpc) is 3.07. The molecule has 2 bridgehead atoms. The van der Waals surface area contributed by atoms with E-state index < -0.39 is 54.4 Å². The smallest absolute Gasteiger partial charge is 0.550 e. The molecule has 3 aliphatic heterocycles. The molecule has 284 valence electrons.